The van der Waals surface area contributed by atoms with Crippen molar-refractivity contribution in [3.8, 4) is 12.1 Å². The predicted octanol–water partition coefficient (Wildman–Crippen LogP) is 1.09. The molecule has 1 aromatic rings. The van der Waals surface area contributed by atoms with Crippen LogP contribution in [0.5, 0.6) is 0 Å². The van der Waals surface area contributed by atoms with Crippen LogP contribution < -0.4 is 0 Å². The molecule has 0 atom stereocenters. The maximum absolute atomic E-state index is 8.61. The number of aliphatic imine (C=N–C) groups is 1. The van der Waals surface area contributed by atoms with Gasteiger partial charge in [0, 0.05) is 6.20 Å². The SMILES string of the molecule is N#CC(=N)C(C#N)=NCc1ccccn1. The first kappa shape index (κ1) is 10.6. The van der Waals surface area contributed by atoms with Gasteiger partial charge in [0.15, 0.2) is 11.4 Å². The highest BCUT2D eigenvalue weighted by Gasteiger charge is 2.04. The lowest BCUT2D eigenvalue weighted by Gasteiger charge is -1.94. The Morgan fingerprint density at radius 2 is 2.20 bits per heavy atom. The summed E-state index contributed by atoms with van der Waals surface area (Å²) in [6.45, 7) is 0.202. The Hall–Kier alpha value is -2.53. The van der Waals surface area contributed by atoms with E-state index in [4.69, 9.17) is 15.9 Å². The molecule has 1 heterocycles. The molecule has 1 N–H and O–H groups in total. The van der Waals surface area contributed by atoms with Gasteiger partial charge in [-0.05, 0) is 12.1 Å². The van der Waals surface area contributed by atoms with E-state index in [1.807, 2.05) is 0 Å². The first-order chi connectivity index (χ1) is 7.27. The molecular weight excluding hydrogens is 190 g/mol. The third kappa shape index (κ3) is 3.02. The summed E-state index contributed by atoms with van der Waals surface area (Å²) >= 11 is 0. The number of nitriles is 2. The molecule has 0 saturated carbocycles. The molecule has 5 nitrogen and oxygen atoms in total. The van der Waals surface area contributed by atoms with Gasteiger partial charge in [-0.3, -0.25) is 15.4 Å². The Labute approximate surface area is 86.8 Å². The Morgan fingerprint density at radius 3 is 2.73 bits per heavy atom. The van der Waals surface area contributed by atoms with Crippen molar-refractivity contribution in [3.63, 3.8) is 0 Å². The topological polar surface area (TPSA) is 96.7 Å². The van der Waals surface area contributed by atoms with E-state index >= 15 is 0 Å². The summed E-state index contributed by atoms with van der Waals surface area (Å²) in [7, 11) is 0. The molecular formula is C10H7N5. The second-order valence-corrected chi connectivity index (χ2v) is 2.58. The molecule has 0 saturated heterocycles. The largest absolute Gasteiger partial charge is 0.288 e. The number of hydrogen-bond donors (Lipinski definition) is 1. The second-order valence-electron chi connectivity index (χ2n) is 2.58. The minimum Gasteiger partial charge on any atom is -0.288 e. The van der Waals surface area contributed by atoms with Crippen molar-refractivity contribution in [3.05, 3.63) is 30.1 Å². The van der Waals surface area contributed by atoms with Gasteiger partial charge in [-0.1, -0.05) is 6.07 Å². The highest BCUT2D eigenvalue weighted by atomic mass is 14.8. The molecule has 1 aromatic heterocycles. The van der Waals surface area contributed by atoms with Crippen molar-refractivity contribution in [1.82, 2.24) is 4.98 Å². The van der Waals surface area contributed by atoms with Crippen LogP contribution in [0.25, 0.3) is 0 Å². The Balaban J connectivity index is 2.78. The Bertz CT molecular complexity index is 461. The molecule has 0 radical (unpaired) electrons. The van der Waals surface area contributed by atoms with Gasteiger partial charge in [-0.2, -0.15) is 10.5 Å². The average molecular weight is 197 g/mol. The lowest BCUT2D eigenvalue weighted by molar-refractivity contribution is 0.994. The molecule has 0 aliphatic carbocycles. The van der Waals surface area contributed by atoms with Crippen LogP contribution in [-0.4, -0.2) is 16.4 Å². The first-order valence-corrected chi connectivity index (χ1v) is 4.11. The summed E-state index contributed by atoms with van der Waals surface area (Å²) in [4.78, 5) is 7.83. The zero-order valence-corrected chi connectivity index (χ0v) is 7.81. The molecule has 0 aliphatic heterocycles. The van der Waals surface area contributed by atoms with Crippen molar-refractivity contribution in [2.75, 3.05) is 0 Å². The van der Waals surface area contributed by atoms with Crippen LogP contribution in [0.4, 0.5) is 0 Å². The molecule has 0 aromatic carbocycles. The van der Waals surface area contributed by atoms with Gasteiger partial charge in [0.2, 0.25) is 0 Å². The standard InChI is InChI=1S/C10H7N5/c11-5-9(13)10(6-12)15-7-8-3-1-2-4-14-8/h1-4,13H,7H2. The maximum Gasteiger partial charge on any atom is 0.171 e. The van der Waals surface area contributed by atoms with Gasteiger partial charge in [-0.15, -0.1) is 0 Å². The third-order valence-corrected chi connectivity index (χ3v) is 1.58. The molecule has 0 bridgehead atoms. The summed E-state index contributed by atoms with van der Waals surface area (Å²) in [5.41, 5.74) is 0.104. The number of pyridine rings is 1. The van der Waals surface area contributed by atoms with Crippen LogP contribution in [0.2, 0.25) is 0 Å². The number of rotatable bonds is 3. The van der Waals surface area contributed by atoms with Gasteiger partial charge in [0.05, 0.1) is 12.2 Å². The molecule has 1 rings (SSSR count). The molecule has 0 spiro atoms. The van der Waals surface area contributed by atoms with E-state index in [0.717, 1.165) is 0 Å². The predicted molar refractivity (Wildman–Crippen MR) is 54.3 cm³/mol. The lowest BCUT2D eigenvalue weighted by Crippen LogP contribution is -2.08. The fraction of sp³-hybridized carbons (Fsp3) is 0.100. The van der Waals surface area contributed by atoms with Gasteiger partial charge < -0.3 is 0 Å². The average Bonchev–Trinajstić information content (AvgIpc) is 2.31. The monoisotopic (exact) mass is 197 g/mol. The molecule has 0 aliphatic rings. The highest BCUT2D eigenvalue weighted by Crippen LogP contribution is 1.96. The van der Waals surface area contributed by atoms with Gasteiger partial charge in [0.25, 0.3) is 0 Å². The minimum absolute atomic E-state index is 0.164. The van der Waals surface area contributed by atoms with E-state index in [1.54, 1.807) is 36.5 Å². The number of nitrogens with one attached hydrogen (secondary N) is 1. The minimum atomic E-state index is -0.423. The zero-order valence-electron chi connectivity index (χ0n) is 7.81. The van der Waals surface area contributed by atoms with Crippen LogP contribution >= 0.6 is 0 Å². The second kappa shape index (κ2) is 5.25. The number of aromatic nitrogens is 1. The van der Waals surface area contributed by atoms with Crippen molar-refractivity contribution in [1.29, 1.82) is 15.9 Å². The molecule has 5 heteroatoms. The quantitative estimate of drug-likeness (QED) is 0.734. The van der Waals surface area contributed by atoms with E-state index in [2.05, 4.69) is 9.98 Å². The van der Waals surface area contributed by atoms with E-state index in [0.29, 0.717) is 5.69 Å². The van der Waals surface area contributed by atoms with Crippen LogP contribution in [0.3, 0.4) is 0 Å². The molecule has 0 fully saturated rings. The normalized spacial score (nSPS) is 10.1. The highest BCUT2D eigenvalue weighted by molar-refractivity contribution is 6.52. The number of hydrogen-bond acceptors (Lipinski definition) is 5. The fourth-order valence-electron chi connectivity index (χ4n) is 0.875. The third-order valence-electron chi connectivity index (χ3n) is 1.58. The van der Waals surface area contributed by atoms with Gasteiger partial charge >= 0.3 is 0 Å². The smallest absolute Gasteiger partial charge is 0.171 e. The molecule has 15 heavy (non-hydrogen) atoms. The maximum atomic E-state index is 8.61. The van der Waals surface area contributed by atoms with E-state index in [9.17, 15) is 0 Å². The van der Waals surface area contributed by atoms with E-state index in [1.165, 1.54) is 0 Å². The lowest BCUT2D eigenvalue weighted by atomic mass is 10.2. The van der Waals surface area contributed by atoms with E-state index < -0.39 is 5.71 Å². The van der Waals surface area contributed by atoms with Crippen molar-refractivity contribution >= 4 is 11.4 Å². The summed E-state index contributed by atoms with van der Waals surface area (Å²) < 4.78 is 0. The Morgan fingerprint density at radius 1 is 1.40 bits per heavy atom. The summed E-state index contributed by atoms with van der Waals surface area (Å²) in [6.07, 6.45) is 1.62. The molecule has 0 unspecified atom stereocenters. The van der Waals surface area contributed by atoms with Crippen LogP contribution in [0.15, 0.2) is 29.4 Å². The summed E-state index contributed by atoms with van der Waals surface area (Å²) in [5, 5.41) is 24.1. The summed E-state index contributed by atoms with van der Waals surface area (Å²) in [5.74, 6) is 0. The van der Waals surface area contributed by atoms with Gasteiger partial charge in [0.1, 0.15) is 12.1 Å². The number of nitrogens with zero attached hydrogens (tertiary/aromatic N) is 4. The van der Waals surface area contributed by atoms with Gasteiger partial charge in [-0.25, -0.2) is 0 Å². The molecule has 72 valence electrons. The Kier molecular flexibility index (Phi) is 3.70. The zero-order chi connectivity index (χ0) is 11.1. The fourth-order valence-corrected chi connectivity index (χ4v) is 0.875. The van der Waals surface area contributed by atoms with Crippen LogP contribution in [0, 0.1) is 28.1 Å². The van der Waals surface area contributed by atoms with E-state index in [-0.39, 0.29) is 12.3 Å². The van der Waals surface area contributed by atoms with Crippen LogP contribution in [-0.2, 0) is 6.54 Å². The van der Waals surface area contributed by atoms with Crippen LogP contribution in [0.1, 0.15) is 5.69 Å². The van der Waals surface area contributed by atoms with Crippen molar-refractivity contribution in [2.24, 2.45) is 4.99 Å². The van der Waals surface area contributed by atoms with Crippen molar-refractivity contribution in [2.45, 2.75) is 6.54 Å². The summed E-state index contributed by atoms with van der Waals surface area (Å²) in [6, 6.07) is 8.60. The molecule has 0 amide bonds. The van der Waals surface area contributed by atoms with Crippen molar-refractivity contribution < 1.29 is 0 Å². The first-order valence-electron chi connectivity index (χ1n) is 4.11.